The Kier molecular flexibility index (Phi) is 3.47. The summed E-state index contributed by atoms with van der Waals surface area (Å²) in [5.74, 6) is -0.591. The van der Waals surface area contributed by atoms with Crippen LogP contribution in [0.5, 0.6) is 0 Å². The van der Waals surface area contributed by atoms with Crippen LogP contribution >= 0.6 is 0 Å². The molecule has 0 radical (unpaired) electrons. The number of hydrogen-bond donors (Lipinski definition) is 2. The molecule has 1 aromatic heterocycles. The van der Waals surface area contributed by atoms with Crippen LogP contribution in [-0.4, -0.2) is 24.9 Å². The van der Waals surface area contributed by atoms with Crippen molar-refractivity contribution in [1.82, 2.24) is 10.2 Å². The molecule has 4 rings (SSSR count). The third-order valence-electron chi connectivity index (χ3n) is 3.95. The molecule has 0 aliphatic rings. The largest absolute Gasteiger partial charge is 0.284 e. The molecule has 4 aromatic rings. The third-order valence-corrected chi connectivity index (χ3v) is 4.56. The maximum atomic E-state index is 14.3. The predicted molar refractivity (Wildman–Crippen MR) is 97.5 cm³/mol. The summed E-state index contributed by atoms with van der Waals surface area (Å²) in [7, 11) is -3.50. The van der Waals surface area contributed by atoms with Gasteiger partial charge in [-0.15, -0.1) is 0 Å². The number of H-pyrrole nitrogens is 1. The maximum absolute atomic E-state index is 14.3. The summed E-state index contributed by atoms with van der Waals surface area (Å²) >= 11 is 0. The van der Waals surface area contributed by atoms with Crippen LogP contribution in [0, 0.1) is 5.82 Å². The van der Waals surface area contributed by atoms with Gasteiger partial charge in [-0.3, -0.25) is 9.82 Å². The zero-order valence-corrected chi connectivity index (χ0v) is 14.1. The minimum atomic E-state index is -3.50. The van der Waals surface area contributed by atoms with Crippen molar-refractivity contribution < 1.29 is 12.8 Å². The van der Waals surface area contributed by atoms with E-state index in [1.807, 2.05) is 42.5 Å². The molecule has 126 valence electrons. The van der Waals surface area contributed by atoms with E-state index in [1.54, 1.807) is 6.07 Å². The van der Waals surface area contributed by atoms with Gasteiger partial charge >= 0.3 is 0 Å². The minimum Gasteiger partial charge on any atom is -0.284 e. The highest BCUT2D eigenvalue weighted by molar-refractivity contribution is 7.92. The fourth-order valence-electron chi connectivity index (χ4n) is 2.91. The second kappa shape index (κ2) is 5.56. The molecule has 0 saturated carbocycles. The Hall–Kier alpha value is -2.93. The van der Waals surface area contributed by atoms with Crippen molar-refractivity contribution in [3.8, 4) is 11.3 Å². The van der Waals surface area contributed by atoms with Crippen LogP contribution in [0.3, 0.4) is 0 Å². The number of benzene rings is 3. The molecule has 0 aliphatic carbocycles. The Morgan fingerprint density at radius 2 is 1.80 bits per heavy atom. The second-order valence-electron chi connectivity index (χ2n) is 5.89. The number of nitrogens with zero attached hydrogens (tertiary/aromatic N) is 1. The van der Waals surface area contributed by atoms with E-state index >= 15 is 0 Å². The Labute approximate surface area is 143 Å². The lowest BCUT2D eigenvalue weighted by Gasteiger charge is -2.06. The van der Waals surface area contributed by atoms with Crippen molar-refractivity contribution in [2.75, 3.05) is 11.0 Å². The van der Waals surface area contributed by atoms with Gasteiger partial charge in [0.2, 0.25) is 10.0 Å². The van der Waals surface area contributed by atoms with Gasteiger partial charge in [-0.2, -0.15) is 5.10 Å². The van der Waals surface area contributed by atoms with E-state index in [0.717, 1.165) is 28.7 Å². The smallest absolute Gasteiger partial charge is 0.229 e. The first-order valence-electron chi connectivity index (χ1n) is 7.55. The van der Waals surface area contributed by atoms with Crippen LogP contribution in [0.4, 0.5) is 10.1 Å². The number of rotatable bonds is 3. The highest BCUT2D eigenvalue weighted by Crippen LogP contribution is 2.32. The number of nitrogens with one attached hydrogen (secondary N) is 2. The molecule has 0 amide bonds. The number of aromatic amines is 1. The molecule has 7 heteroatoms. The molecule has 0 spiro atoms. The first kappa shape index (κ1) is 15.6. The van der Waals surface area contributed by atoms with Crippen LogP contribution in [0.1, 0.15) is 0 Å². The maximum Gasteiger partial charge on any atom is 0.229 e. The van der Waals surface area contributed by atoms with Crippen LogP contribution in [0.25, 0.3) is 32.9 Å². The first-order valence-corrected chi connectivity index (χ1v) is 9.44. The number of anilines is 1. The lowest BCUT2D eigenvalue weighted by molar-refractivity contribution is 0.606. The number of fused-ring (bicyclic) bond motifs is 2. The van der Waals surface area contributed by atoms with Crippen molar-refractivity contribution >= 4 is 37.4 Å². The summed E-state index contributed by atoms with van der Waals surface area (Å²) in [6, 6.07) is 16.5. The van der Waals surface area contributed by atoms with E-state index in [4.69, 9.17) is 0 Å². The van der Waals surface area contributed by atoms with E-state index in [2.05, 4.69) is 14.9 Å². The van der Waals surface area contributed by atoms with Gasteiger partial charge in [0.25, 0.3) is 0 Å². The number of hydrogen-bond acceptors (Lipinski definition) is 3. The summed E-state index contributed by atoms with van der Waals surface area (Å²) in [4.78, 5) is 0. The van der Waals surface area contributed by atoms with Crippen molar-refractivity contribution in [2.24, 2.45) is 0 Å². The first-order chi connectivity index (χ1) is 11.9. The SMILES string of the molecule is CS(=O)(=O)Nc1cc(F)c2n[nH]c(-c3ccc4ccccc4c3)c2c1. The van der Waals surface area contributed by atoms with E-state index in [1.165, 1.54) is 0 Å². The summed E-state index contributed by atoms with van der Waals surface area (Å²) in [5, 5.41) is 9.56. The summed E-state index contributed by atoms with van der Waals surface area (Å²) in [6.45, 7) is 0. The van der Waals surface area contributed by atoms with Crippen LogP contribution < -0.4 is 4.72 Å². The molecule has 1 heterocycles. The van der Waals surface area contributed by atoms with Crippen molar-refractivity contribution in [3.05, 3.63) is 60.4 Å². The lowest BCUT2D eigenvalue weighted by Crippen LogP contribution is -2.09. The van der Waals surface area contributed by atoms with Gasteiger partial charge in [0.1, 0.15) is 5.52 Å². The number of sulfonamides is 1. The zero-order chi connectivity index (χ0) is 17.6. The standard InChI is InChI=1S/C18H14FN3O2S/c1-25(23,24)22-14-9-15-17(20-21-18(15)16(19)10-14)13-7-6-11-4-2-3-5-12(11)8-13/h2-10,22H,1H3,(H,20,21). The molecular formula is C18H14FN3O2S. The van der Waals surface area contributed by atoms with Gasteiger partial charge in [-0.05, 0) is 22.9 Å². The fourth-order valence-corrected chi connectivity index (χ4v) is 3.46. The van der Waals surface area contributed by atoms with Gasteiger partial charge < -0.3 is 0 Å². The fraction of sp³-hybridized carbons (Fsp3) is 0.0556. The van der Waals surface area contributed by atoms with E-state index in [0.29, 0.717) is 11.1 Å². The molecular weight excluding hydrogens is 341 g/mol. The van der Waals surface area contributed by atoms with Gasteiger partial charge in [0.15, 0.2) is 5.82 Å². The van der Waals surface area contributed by atoms with Crippen molar-refractivity contribution in [1.29, 1.82) is 0 Å². The molecule has 0 aliphatic heterocycles. The van der Waals surface area contributed by atoms with Gasteiger partial charge in [-0.1, -0.05) is 36.4 Å². The highest BCUT2D eigenvalue weighted by atomic mass is 32.2. The third kappa shape index (κ3) is 2.94. The Balaban J connectivity index is 1.91. The average Bonchev–Trinajstić information content (AvgIpc) is 2.97. The molecule has 0 bridgehead atoms. The summed E-state index contributed by atoms with van der Waals surface area (Å²) in [6.07, 6.45) is 1.02. The van der Waals surface area contributed by atoms with Crippen LogP contribution in [-0.2, 0) is 10.0 Å². The topological polar surface area (TPSA) is 74.8 Å². The Morgan fingerprint density at radius 3 is 2.56 bits per heavy atom. The van der Waals surface area contributed by atoms with E-state index < -0.39 is 15.8 Å². The van der Waals surface area contributed by atoms with Crippen LogP contribution in [0.2, 0.25) is 0 Å². The molecule has 2 N–H and O–H groups in total. The van der Waals surface area contributed by atoms with Gasteiger partial charge in [0.05, 0.1) is 17.6 Å². The van der Waals surface area contributed by atoms with E-state index in [-0.39, 0.29) is 11.2 Å². The monoisotopic (exact) mass is 355 g/mol. The van der Waals surface area contributed by atoms with Crippen molar-refractivity contribution in [3.63, 3.8) is 0 Å². The van der Waals surface area contributed by atoms with Gasteiger partial charge in [0, 0.05) is 17.0 Å². The highest BCUT2D eigenvalue weighted by Gasteiger charge is 2.14. The predicted octanol–water partition coefficient (Wildman–Crippen LogP) is 3.89. The average molecular weight is 355 g/mol. The Bertz CT molecular complexity index is 1220. The minimum absolute atomic E-state index is 0.163. The van der Waals surface area contributed by atoms with Crippen molar-refractivity contribution in [2.45, 2.75) is 0 Å². The molecule has 25 heavy (non-hydrogen) atoms. The number of halogens is 1. The normalized spacial score (nSPS) is 11.9. The van der Waals surface area contributed by atoms with Crippen LogP contribution in [0.15, 0.2) is 54.6 Å². The number of aromatic nitrogens is 2. The summed E-state index contributed by atoms with van der Waals surface area (Å²) < 4.78 is 39.5. The zero-order valence-electron chi connectivity index (χ0n) is 13.2. The molecule has 3 aromatic carbocycles. The molecule has 0 fully saturated rings. The lowest BCUT2D eigenvalue weighted by atomic mass is 10.0. The molecule has 5 nitrogen and oxygen atoms in total. The molecule has 0 saturated heterocycles. The summed E-state index contributed by atoms with van der Waals surface area (Å²) in [5.41, 5.74) is 1.81. The second-order valence-corrected chi connectivity index (χ2v) is 7.64. The van der Waals surface area contributed by atoms with E-state index in [9.17, 15) is 12.8 Å². The van der Waals surface area contributed by atoms with Gasteiger partial charge in [-0.25, -0.2) is 12.8 Å². The Morgan fingerprint density at radius 1 is 1.04 bits per heavy atom. The quantitative estimate of drug-likeness (QED) is 0.585. The molecule has 0 atom stereocenters. The molecule has 0 unspecified atom stereocenters.